The second-order valence-electron chi connectivity index (χ2n) is 7.96. The topological polar surface area (TPSA) is 65.4 Å². The molecule has 0 saturated carbocycles. The van der Waals surface area contributed by atoms with Crippen molar-refractivity contribution in [3.05, 3.63) is 58.4 Å². The standard InChI is InChI=1S/C24H28ClN3O3/c1-16-13-18(14-17(2)23(16)25)30-12-6-10-28-20-8-4-3-7-19(20)27-22(28)15-26-24(29)21-9-5-11-31-21/h3-4,7-8,13-14,21H,5-6,9-12,15H2,1-2H3,(H,26,29). The van der Waals surface area contributed by atoms with Crippen LogP contribution in [0.2, 0.25) is 5.02 Å². The third-order valence-corrected chi connectivity index (χ3v) is 6.18. The summed E-state index contributed by atoms with van der Waals surface area (Å²) in [5.41, 5.74) is 4.01. The number of imidazole rings is 1. The molecule has 1 fully saturated rings. The Kier molecular flexibility index (Phi) is 6.78. The number of aryl methyl sites for hydroxylation is 3. The molecule has 1 amide bonds. The van der Waals surface area contributed by atoms with Crippen molar-refractivity contribution in [1.29, 1.82) is 0 Å². The quantitative estimate of drug-likeness (QED) is 0.520. The number of para-hydroxylation sites is 2. The van der Waals surface area contributed by atoms with E-state index in [1.54, 1.807) is 0 Å². The zero-order valence-electron chi connectivity index (χ0n) is 18.0. The Morgan fingerprint density at radius 2 is 2.06 bits per heavy atom. The lowest BCUT2D eigenvalue weighted by molar-refractivity contribution is -0.130. The minimum absolute atomic E-state index is 0.0621. The van der Waals surface area contributed by atoms with Gasteiger partial charge >= 0.3 is 0 Å². The molecule has 1 unspecified atom stereocenters. The highest BCUT2D eigenvalue weighted by Crippen LogP contribution is 2.26. The highest BCUT2D eigenvalue weighted by molar-refractivity contribution is 6.32. The molecule has 0 spiro atoms. The van der Waals surface area contributed by atoms with Crippen molar-refractivity contribution in [1.82, 2.24) is 14.9 Å². The summed E-state index contributed by atoms with van der Waals surface area (Å²) in [5, 5.41) is 3.77. The Morgan fingerprint density at radius 3 is 2.81 bits per heavy atom. The fourth-order valence-electron chi connectivity index (χ4n) is 3.98. The van der Waals surface area contributed by atoms with Crippen LogP contribution >= 0.6 is 11.6 Å². The van der Waals surface area contributed by atoms with E-state index in [1.807, 2.05) is 44.2 Å². The number of aromatic nitrogens is 2. The lowest BCUT2D eigenvalue weighted by Crippen LogP contribution is -2.34. The summed E-state index contributed by atoms with van der Waals surface area (Å²) in [6.45, 7) is 6.33. The van der Waals surface area contributed by atoms with Crippen LogP contribution in [0.4, 0.5) is 0 Å². The van der Waals surface area contributed by atoms with Gasteiger partial charge < -0.3 is 19.4 Å². The van der Waals surface area contributed by atoms with E-state index < -0.39 is 0 Å². The first-order valence-electron chi connectivity index (χ1n) is 10.8. The molecule has 3 aromatic rings. The third kappa shape index (κ3) is 5.02. The van der Waals surface area contributed by atoms with Gasteiger partial charge in [0, 0.05) is 18.2 Å². The number of carbonyl (C=O) groups excluding carboxylic acids is 1. The predicted octanol–water partition coefficient (Wildman–Crippen LogP) is 4.57. The Balaban J connectivity index is 1.40. The Morgan fingerprint density at radius 1 is 1.29 bits per heavy atom. The van der Waals surface area contributed by atoms with Gasteiger partial charge in [0.05, 0.1) is 24.2 Å². The summed E-state index contributed by atoms with van der Waals surface area (Å²) in [6.07, 6.45) is 2.19. The lowest BCUT2D eigenvalue weighted by atomic mass is 10.1. The van der Waals surface area contributed by atoms with Crippen molar-refractivity contribution >= 4 is 28.5 Å². The first kappa shape index (κ1) is 21.7. The van der Waals surface area contributed by atoms with Crippen LogP contribution in [0.25, 0.3) is 11.0 Å². The average Bonchev–Trinajstić information content (AvgIpc) is 3.41. The molecule has 0 bridgehead atoms. The van der Waals surface area contributed by atoms with E-state index >= 15 is 0 Å². The van der Waals surface area contributed by atoms with Crippen LogP contribution in [0, 0.1) is 13.8 Å². The number of carbonyl (C=O) groups is 1. The highest BCUT2D eigenvalue weighted by atomic mass is 35.5. The molecule has 1 aliphatic rings. The molecule has 0 radical (unpaired) electrons. The van der Waals surface area contributed by atoms with Gasteiger partial charge in [-0.15, -0.1) is 0 Å². The number of hydrogen-bond acceptors (Lipinski definition) is 4. The molecule has 1 atom stereocenters. The SMILES string of the molecule is Cc1cc(OCCCn2c(CNC(=O)C3CCCO3)nc3ccccc32)cc(C)c1Cl. The summed E-state index contributed by atoms with van der Waals surface area (Å²) >= 11 is 6.24. The maximum atomic E-state index is 12.3. The van der Waals surface area contributed by atoms with Gasteiger partial charge in [-0.25, -0.2) is 4.98 Å². The Labute approximate surface area is 187 Å². The van der Waals surface area contributed by atoms with Crippen molar-refractivity contribution in [3.63, 3.8) is 0 Å². The second kappa shape index (κ2) is 9.71. The van der Waals surface area contributed by atoms with Crippen molar-refractivity contribution in [2.75, 3.05) is 13.2 Å². The summed E-state index contributed by atoms with van der Waals surface area (Å²) in [5.74, 6) is 1.61. The van der Waals surface area contributed by atoms with Crippen LogP contribution in [-0.2, 0) is 22.6 Å². The maximum absolute atomic E-state index is 12.3. The van der Waals surface area contributed by atoms with Gasteiger partial charge in [-0.3, -0.25) is 4.79 Å². The van der Waals surface area contributed by atoms with Crippen LogP contribution in [0.1, 0.15) is 36.2 Å². The number of rotatable bonds is 8. The lowest BCUT2D eigenvalue weighted by Gasteiger charge is -2.13. The first-order chi connectivity index (χ1) is 15.0. The molecule has 2 heterocycles. The normalized spacial score (nSPS) is 16.0. The summed E-state index contributed by atoms with van der Waals surface area (Å²) in [7, 11) is 0. The minimum Gasteiger partial charge on any atom is -0.494 e. The smallest absolute Gasteiger partial charge is 0.249 e. The zero-order chi connectivity index (χ0) is 21.8. The molecule has 2 aromatic carbocycles. The Hall–Kier alpha value is -2.57. The highest BCUT2D eigenvalue weighted by Gasteiger charge is 2.23. The molecule has 164 valence electrons. The van der Waals surface area contributed by atoms with Crippen molar-refractivity contribution in [2.24, 2.45) is 0 Å². The number of nitrogens with zero attached hydrogens (tertiary/aromatic N) is 2. The van der Waals surface area contributed by atoms with Crippen LogP contribution in [0.5, 0.6) is 5.75 Å². The van der Waals surface area contributed by atoms with Crippen molar-refractivity contribution in [2.45, 2.75) is 52.3 Å². The van der Waals surface area contributed by atoms with Gasteiger partial charge in [-0.05, 0) is 68.5 Å². The zero-order valence-corrected chi connectivity index (χ0v) is 18.7. The first-order valence-corrected chi connectivity index (χ1v) is 11.1. The molecular weight excluding hydrogens is 414 g/mol. The predicted molar refractivity (Wildman–Crippen MR) is 122 cm³/mol. The molecule has 4 rings (SSSR count). The molecule has 6 nitrogen and oxygen atoms in total. The van der Waals surface area contributed by atoms with Crippen molar-refractivity contribution in [3.8, 4) is 5.75 Å². The number of amides is 1. The van der Waals surface area contributed by atoms with E-state index in [2.05, 4.69) is 16.0 Å². The summed E-state index contributed by atoms with van der Waals surface area (Å²) < 4.78 is 13.6. The molecule has 31 heavy (non-hydrogen) atoms. The fraction of sp³-hybridized carbons (Fsp3) is 0.417. The number of nitrogens with one attached hydrogen (secondary N) is 1. The van der Waals surface area contributed by atoms with Gasteiger partial charge in [0.25, 0.3) is 0 Å². The monoisotopic (exact) mass is 441 g/mol. The molecule has 1 N–H and O–H groups in total. The molecule has 0 aliphatic carbocycles. The maximum Gasteiger partial charge on any atom is 0.249 e. The van der Waals surface area contributed by atoms with Crippen LogP contribution in [-0.4, -0.2) is 34.8 Å². The fourth-order valence-corrected chi connectivity index (χ4v) is 4.09. The second-order valence-corrected chi connectivity index (χ2v) is 8.34. The van der Waals surface area contributed by atoms with Gasteiger partial charge in [0.1, 0.15) is 17.7 Å². The third-order valence-electron chi connectivity index (χ3n) is 5.58. The number of fused-ring (bicyclic) bond motifs is 1. The van der Waals surface area contributed by atoms with Crippen molar-refractivity contribution < 1.29 is 14.3 Å². The van der Waals surface area contributed by atoms with Crippen LogP contribution in [0.3, 0.4) is 0 Å². The number of halogens is 1. The van der Waals surface area contributed by atoms with Crippen LogP contribution in [0.15, 0.2) is 36.4 Å². The largest absolute Gasteiger partial charge is 0.494 e. The number of benzene rings is 2. The van der Waals surface area contributed by atoms with Gasteiger partial charge in [-0.1, -0.05) is 23.7 Å². The van der Waals surface area contributed by atoms with E-state index in [9.17, 15) is 4.79 Å². The molecular formula is C24H28ClN3O3. The Bertz CT molecular complexity index is 1050. The van der Waals surface area contributed by atoms with Gasteiger partial charge in [0.15, 0.2) is 0 Å². The number of ether oxygens (including phenoxy) is 2. The van der Waals surface area contributed by atoms with Gasteiger partial charge in [-0.2, -0.15) is 0 Å². The van der Waals surface area contributed by atoms with E-state index in [-0.39, 0.29) is 12.0 Å². The summed E-state index contributed by atoms with van der Waals surface area (Å²) in [6, 6.07) is 12.0. The minimum atomic E-state index is -0.336. The molecule has 1 aliphatic heterocycles. The summed E-state index contributed by atoms with van der Waals surface area (Å²) in [4.78, 5) is 17.1. The molecule has 1 aromatic heterocycles. The number of hydrogen-bond donors (Lipinski definition) is 1. The average molecular weight is 442 g/mol. The van der Waals surface area contributed by atoms with E-state index in [1.165, 1.54) is 0 Å². The van der Waals surface area contributed by atoms with E-state index in [0.717, 1.165) is 64.6 Å². The molecule has 1 saturated heterocycles. The van der Waals surface area contributed by atoms with Crippen LogP contribution < -0.4 is 10.1 Å². The molecule has 7 heteroatoms. The van der Waals surface area contributed by atoms with E-state index in [0.29, 0.717) is 19.8 Å². The van der Waals surface area contributed by atoms with Gasteiger partial charge in [0.2, 0.25) is 5.91 Å². The van der Waals surface area contributed by atoms with E-state index in [4.69, 9.17) is 26.1 Å².